The molecule has 0 saturated heterocycles. The van der Waals surface area contributed by atoms with Gasteiger partial charge in [-0.3, -0.25) is 0 Å². The van der Waals surface area contributed by atoms with Gasteiger partial charge in [-0.15, -0.1) is 93.0 Å². The van der Waals surface area contributed by atoms with Crippen molar-refractivity contribution in [1.82, 2.24) is 9.80 Å². The zero-order valence-corrected chi connectivity index (χ0v) is 80.8. The molecule has 10 nitrogen and oxygen atoms in total. The monoisotopic (exact) mass is 2000 g/mol. The molecule has 14 heteroatoms. The van der Waals surface area contributed by atoms with Gasteiger partial charge in [0.2, 0.25) is 13.4 Å². The topological polar surface area (TPSA) is 71.7 Å². The Kier molecular flexibility index (Phi) is 28.8. The van der Waals surface area contributed by atoms with Crippen LogP contribution in [0.1, 0.15) is 206 Å². The van der Waals surface area contributed by atoms with E-state index in [-0.39, 0.29) is 67.4 Å². The summed E-state index contributed by atoms with van der Waals surface area (Å²) in [5, 5.41) is 16.4. The predicted octanol–water partition coefficient (Wildman–Crippen LogP) is 25.6. The van der Waals surface area contributed by atoms with Crippen molar-refractivity contribution in [2.24, 2.45) is 0 Å². The molecule has 0 radical (unpaired) electrons. The van der Waals surface area contributed by atoms with Crippen LogP contribution in [0.25, 0.3) is 32.9 Å². The average molecular weight is 2000 g/mol. The summed E-state index contributed by atoms with van der Waals surface area (Å²) in [7, 11) is 4.18. The molecule has 0 amide bonds. The van der Waals surface area contributed by atoms with Gasteiger partial charge in [0.1, 0.15) is 0 Å². The van der Waals surface area contributed by atoms with Crippen molar-refractivity contribution in [3.63, 3.8) is 0 Å². The fourth-order valence-corrected chi connectivity index (χ4v) is 17.7. The molecule has 0 aliphatic carbocycles. The summed E-state index contributed by atoms with van der Waals surface area (Å²) in [5.74, 6) is 2.15. The van der Waals surface area contributed by atoms with Gasteiger partial charge in [0.25, 0.3) is 0 Å². The maximum absolute atomic E-state index is 7.84. The van der Waals surface area contributed by atoms with Crippen LogP contribution in [0.15, 0.2) is 243 Å². The maximum Gasteiger partial charge on any atom is 4.00 e. The van der Waals surface area contributed by atoms with Crippen LogP contribution in [0, 0.1) is 87.3 Å². The molecule has 16 rings (SSSR count). The van der Waals surface area contributed by atoms with Crippen molar-refractivity contribution in [3.05, 3.63) is 365 Å². The quantitative estimate of drug-likeness (QED) is 0.0578. The zero-order chi connectivity index (χ0) is 92.1. The smallest absolute Gasteiger partial charge is 0.659 e. The number of nitrogens with zero attached hydrogens (tertiary/aromatic N) is 8. The number of rotatable bonds is 20. The Hall–Kier alpha value is -10.4. The summed E-state index contributed by atoms with van der Waals surface area (Å²) in [6.07, 6.45) is 6.32. The summed E-state index contributed by atoms with van der Waals surface area (Å²) in [5.41, 5.74) is 41.0. The van der Waals surface area contributed by atoms with E-state index in [4.69, 9.17) is 18.9 Å². The minimum atomic E-state index is -2.37. The first-order chi connectivity index (χ1) is 60.9. The van der Waals surface area contributed by atoms with Crippen LogP contribution in [0.4, 0.5) is 62.6 Å². The fraction of sp³-hybridized carbons (Fsp3) is 0.273. The molecule has 0 fully saturated rings. The predicted molar refractivity (Wildman–Crippen MR) is 531 cm³/mol. The number of aryl methyl sites for hydroxylation is 7. The molecule has 0 spiro atoms. The van der Waals surface area contributed by atoms with Crippen molar-refractivity contribution >= 4 is 109 Å². The van der Waals surface area contributed by atoms with Crippen LogP contribution >= 0.6 is 0 Å². The third kappa shape index (κ3) is 21.2. The Morgan fingerprint density at radius 2 is 0.831 bits per heavy atom. The minimum absolute atomic E-state index is 0. The van der Waals surface area contributed by atoms with Crippen LogP contribution in [0.5, 0.6) is 0 Å². The molecule has 0 atom stereocenters. The summed E-state index contributed by atoms with van der Waals surface area (Å²) in [4.78, 5) is 10.6. The molecule has 4 heterocycles. The Morgan fingerprint density at radius 1 is 0.444 bits per heavy atom. The molecule has 0 saturated carbocycles. The second kappa shape index (κ2) is 41.6. The van der Waals surface area contributed by atoms with Crippen molar-refractivity contribution in [1.29, 1.82) is 0 Å². The molecule has 4 aliphatic rings. The molecular weight excluding hydrogens is 1870 g/mol. The second-order valence-electron chi connectivity index (χ2n) is 35.0. The van der Waals surface area contributed by atoms with Crippen molar-refractivity contribution in [2.45, 2.75) is 174 Å². The summed E-state index contributed by atoms with van der Waals surface area (Å²) in [6.45, 7) is 47.1. The van der Waals surface area contributed by atoms with Gasteiger partial charge in [-0.25, -0.2) is 0 Å². The van der Waals surface area contributed by atoms with Gasteiger partial charge in [-0.2, -0.15) is 26.7 Å². The molecule has 4 aliphatic heterocycles. The van der Waals surface area contributed by atoms with Crippen LogP contribution in [0.2, 0.25) is 0 Å². The molecule has 0 bridgehead atoms. The van der Waals surface area contributed by atoms with Crippen LogP contribution in [0.3, 0.4) is 0 Å². The number of benzene rings is 12. The zero-order valence-electron chi connectivity index (χ0n) is 82.2. The molecule has 640 valence electrons. The largest absolute Gasteiger partial charge is 4.00 e. The fourth-order valence-electron chi connectivity index (χ4n) is 17.7. The number of fused-ring (bicyclic) bond motifs is 5. The normalized spacial score (nSPS) is 13.7. The number of allylic oxidation sites excluding steroid dienone is 1. The number of hydrogen-bond acceptors (Lipinski definition) is 8. The van der Waals surface area contributed by atoms with E-state index in [1.807, 2.05) is 18.8 Å². The van der Waals surface area contributed by atoms with Gasteiger partial charge in [-0.05, 0) is 206 Å². The van der Waals surface area contributed by atoms with Gasteiger partial charge < -0.3 is 50.7 Å². The van der Waals surface area contributed by atoms with Gasteiger partial charge in [0.05, 0.1) is 0 Å². The van der Waals surface area contributed by atoms with E-state index in [0.717, 1.165) is 55.8 Å². The van der Waals surface area contributed by atoms with Crippen molar-refractivity contribution < 1.29 is 50.4 Å². The number of anilines is 7. The summed E-state index contributed by atoms with van der Waals surface area (Å²) in [6, 6.07) is 85.3. The van der Waals surface area contributed by atoms with E-state index in [9.17, 15) is 0 Å². The van der Waals surface area contributed by atoms with E-state index in [1.165, 1.54) is 158 Å². The molecule has 2 N–H and O–H groups in total. The third-order valence-electron chi connectivity index (χ3n) is 23.6. The van der Waals surface area contributed by atoms with Gasteiger partial charge in [0.15, 0.2) is 0 Å². The van der Waals surface area contributed by atoms with E-state index in [1.54, 1.807) is 24.1 Å². The van der Waals surface area contributed by atoms with Crippen molar-refractivity contribution in [3.8, 4) is 22.3 Å². The second-order valence-corrected chi connectivity index (χ2v) is 35.0. The minimum Gasteiger partial charge on any atom is -0.659 e. The average Bonchev–Trinajstić information content (AvgIpc) is 1.18. The molecule has 0 unspecified atom stereocenters. The first-order valence-electron chi connectivity index (χ1n) is 46.3. The molecule has 0 aromatic heterocycles. The summed E-state index contributed by atoms with van der Waals surface area (Å²) >= 11 is 0. The first kappa shape index (κ1) is 85.8. The SMILES string of the molecule is Cc1cc(C)c(B2c3ccccc3[N-]c3ccccc32)c(C)c1.Cc1cc(C)c(B2c3ccccc3[N-]c3ccccc32)c(C)c1.Cc1ccccc1N(C)[CH-]Nc1[c-]c(N2[CH-]N(C)c3ccccc32)cc(-c2c(C(C)C)cc(C(C)C)cc2C(C)C)c1.[2H]C([2H])([2H])N1C=CN(c2[c-]c(N[CH-]N(/C=C\C)C([2H])([2H])[2H])cc(-c3c(C(C)C)cc(C(C)C)cc3C(C)C)c2)[CH-]1.[Pt+4].[Pt+4]. The molecule has 124 heavy (non-hydrogen) atoms. The van der Waals surface area contributed by atoms with Gasteiger partial charge in [-0.1, -0.05) is 331 Å². The van der Waals surface area contributed by atoms with E-state index in [0.29, 0.717) is 35.0 Å². The van der Waals surface area contributed by atoms with E-state index >= 15 is 0 Å². The first-order valence-corrected chi connectivity index (χ1v) is 43.3. The molecule has 12 aromatic carbocycles. The molecular formula is C110H124B2N10Pt2. The van der Waals surface area contributed by atoms with Crippen LogP contribution in [-0.2, 0) is 42.1 Å². The standard InChI is InChI=1S/C38H45N4.C30H41N4.2C21H19BN.2Pt/c1-25(2)29-20-33(26(3)4)38(34(21-29)27(5)6)30-18-31(39-23-40(8)35-15-11-10-14-28(35)7)22-32(19-30)42-24-41(9)36-16-12-13-17-37(36)42;1-10-11-32(8)19-31-26-14-25(15-27(18-26)34-13-12-33(9)20-34)30-28(22(4)5)16-24(21(2)3)17-29(30)23(6)7;2*1-14-12-15(2)21(16(3)13-14)22-17-8-4-6-10-19(17)23-20-11-7-5-9-18(20)22;;/h10-21,23-27,39H,1-9H3;10-17,19-23,31H,1-9H3;2*4-13H,1-3H3;;/q2*-3;2*-1;2*+4/b;11-10-;;;;/i;8D3,9D3;;;;. The number of hydrogen-bond donors (Lipinski definition) is 2. The Labute approximate surface area is 782 Å². The van der Waals surface area contributed by atoms with E-state index in [2.05, 4.69) is 396 Å². The molecule has 12 aromatic rings. The van der Waals surface area contributed by atoms with Crippen LogP contribution < -0.4 is 63.0 Å². The maximum atomic E-state index is 7.84. The third-order valence-corrected chi connectivity index (χ3v) is 23.6. The number of para-hydroxylation sites is 7. The Bertz CT molecular complexity index is 5690. The number of nitrogens with one attached hydrogen (secondary N) is 2. The Balaban J connectivity index is 0.000000172. The Morgan fingerprint density at radius 3 is 1.23 bits per heavy atom. The van der Waals surface area contributed by atoms with E-state index < -0.39 is 14.0 Å². The van der Waals surface area contributed by atoms with Gasteiger partial charge in [0, 0.05) is 25.3 Å². The summed E-state index contributed by atoms with van der Waals surface area (Å²) < 4.78 is 46.9. The van der Waals surface area contributed by atoms with Crippen LogP contribution in [-0.4, -0.2) is 51.3 Å². The van der Waals surface area contributed by atoms with Gasteiger partial charge >= 0.3 is 42.1 Å². The van der Waals surface area contributed by atoms with Crippen molar-refractivity contribution in [2.75, 3.05) is 58.3 Å².